The smallest absolute Gasteiger partial charge is 0.236 e. The Morgan fingerprint density at radius 2 is 1.86 bits per heavy atom. The number of likely N-dealkylation sites (tertiary alicyclic amines) is 1. The maximum absolute atomic E-state index is 12.7. The van der Waals surface area contributed by atoms with Gasteiger partial charge in [0.05, 0.1) is 12.5 Å². The Bertz CT molecular complexity index is 812. The molecule has 0 bridgehead atoms. The standard InChI is InChI=1S/C22H26BrN3O2/c1-25(14-17-8-5-6-12-20(17)23)21(27)16-26-13-7-9-18(15-26)22(28)24-19-10-3-2-4-11-19/h2-6,8,10-12,18H,7,9,13-16H2,1H3,(H,24,28). The third kappa shape index (κ3) is 5.66. The van der Waals surface area contributed by atoms with E-state index in [9.17, 15) is 9.59 Å². The summed E-state index contributed by atoms with van der Waals surface area (Å²) < 4.78 is 1.00. The summed E-state index contributed by atoms with van der Waals surface area (Å²) >= 11 is 3.53. The van der Waals surface area contributed by atoms with E-state index in [1.165, 1.54) is 0 Å². The number of hydrogen-bond donors (Lipinski definition) is 1. The van der Waals surface area contributed by atoms with Crippen LogP contribution in [0.4, 0.5) is 5.69 Å². The average molecular weight is 444 g/mol. The zero-order chi connectivity index (χ0) is 19.9. The summed E-state index contributed by atoms with van der Waals surface area (Å²) in [6.07, 6.45) is 1.78. The number of halogens is 1. The Hall–Kier alpha value is -2.18. The van der Waals surface area contributed by atoms with Crippen molar-refractivity contribution in [2.24, 2.45) is 5.92 Å². The Balaban J connectivity index is 1.51. The van der Waals surface area contributed by atoms with Gasteiger partial charge in [-0.1, -0.05) is 52.3 Å². The summed E-state index contributed by atoms with van der Waals surface area (Å²) in [5.74, 6) is 0.0140. The number of hydrogen-bond acceptors (Lipinski definition) is 3. The summed E-state index contributed by atoms with van der Waals surface area (Å²) in [7, 11) is 1.82. The zero-order valence-electron chi connectivity index (χ0n) is 16.1. The van der Waals surface area contributed by atoms with Gasteiger partial charge in [0, 0.05) is 30.3 Å². The van der Waals surface area contributed by atoms with Crippen LogP contribution in [0.5, 0.6) is 0 Å². The second-order valence-electron chi connectivity index (χ2n) is 7.27. The molecule has 1 aliphatic heterocycles. The van der Waals surface area contributed by atoms with E-state index in [1.807, 2.05) is 61.6 Å². The predicted molar refractivity (Wildman–Crippen MR) is 115 cm³/mol. The van der Waals surface area contributed by atoms with E-state index in [4.69, 9.17) is 0 Å². The lowest BCUT2D eigenvalue weighted by atomic mass is 9.97. The van der Waals surface area contributed by atoms with E-state index < -0.39 is 0 Å². The highest BCUT2D eigenvalue weighted by molar-refractivity contribution is 9.10. The summed E-state index contributed by atoms with van der Waals surface area (Å²) in [6.45, 7) is 2.37. The minimum absolute atomic E-state index is 0.0323. The second-order valence-corrected chi connectivity index (χ2v) is 8.13. The highest BCUT2D eigenvalue weighted by Gasteiger charge is 2.27. The molecule has 1 unspecified atom stereocenters. The van der Waals surface area contributed by atoms with Crippen molar-refractivity contribution < 1.29 is 9.59 Å². The number of benzene rings is 2. The summed E-state index contributed by atoms with van der Waals surface area (Å²) in [4.78, 5) is 29.1. The van der Waals surface area contributed by atoms with E-state index in [1.54, 1.807) is 4.90 Å². The predicted octanol–water partition coefficient (Wildman–Crippen LogP) is 3.76. The Morgan fingerprint density at radius 1 is 1.14 bits per heavy atom. The molecule has 0 aromatic heterocycles. The number of carbonyl (C=O) groups excluding carboxylic acids is 2. The molecule has 28 heavy (non-hydrogen) atoms. The van der Waals surface area contributed by atoms with Crippen LogP contribution in [0.3, 0.4) is 0 Å². The Morgan fingerprint density at radius 3 is 2.61 bits per heavy atom. The average Bonchev–Trinajstić information content (AvgIpc) is 2.70. The van der Waals surface area contributed by atoms with E-state index in [-0.39, 0.29) is 17.7 Å². The number of likely N-dealkylation sites (N-methyl/N-ethyl adjacent to an activating group) is 1. The molecule has 1 N–H and O–H groups in total. The van der Waals surface area contributed by atoms with Crippen LogP contribution in [-0.4, -0.2) is 48.3 Å². The molecule has 5 nitrogen and oxygen atoms in total. The molecule has 0 aliphatic carbocycles. The van der Waals surface area contributed by atoms with Gasteiger partial charge in [0.2, 0.25) is 11.8 Å². The van der Waals surface area contributed by atoms with E-state index in [0.717, 1.165) is 35.1 Å². The number of rotatable bonds is 6. The van der Waals surface area contributed by atoms with Crippen LogP contribution >= 0.6 is 15.9 Å². The maximum Gasteiger partial charge on any atom is 0.236 e. The lowest BCUT2D eigenvalue weighted by Gasteiger charge is -2.32. The zero-order valence-corrected chi connectivity index (χ0v) is 17.7. The van der Waals surface area contributed by atoms with Crippen LogP contribution in [0.15, 0.2) is 59.1 Å². The van der Waals surface area contributed by atoms with Crippen LogP contribution in [0.2, 0.25) is 0 Å². The van der Waals surface area contributed by atoms with Crippen LogP contribution in [0, 0.1) is 5.92 Å². The van der Waals surface area contributed by atoms with Crippen molar-refractivity contribution in [3.63, 3.8) is 0 Å². The fourth-order valence-electron chi connectivity index (χ4n) is 3.46. The van der Waals surface area contributed by atoms with E-state index in [0.29, 0.717) is 19.6 Å². The first-order valence-corrected chi connectivity index (χ1v) is 10.4. The molecule has 6 heteroatoms. The first-order chi connectivity index (χ1) is 13.5. The maximum atomic E-state index is 12.7. The fourth-order valence-corrected chi connectivity index (χ4v) is 3.87. The van der Waals surface area contributed by atoms with Crippen molar-refractivity contribution in [3.05, 3.63) is 64.6 Å². The van der Waals surface area contributed by atoms with Gasteiger partial charge in [-0.15, -0.1) is 0 Å². The molecule has 1 aliphatic rings. The van der Waals surface area contributed by atoms with Crippen molar-refractivity contribution >= 4 is 33.4 Å². The number of para-hydroxylation sites is 1. The number of nitrogens with zero attached hydrogens (tertiary/aromatic N) is 2. The summed E-state index contributed by atoms with van der Waals surface area (Å²) in [5.41, 5.74) is 1.89. The molecular formula is C22H26BrN3O2. The molecule has 2 aromatic carbocycles. The molecule has 0 saturated carbocycles. The highest BCUT2D eigenvalue weighted by atomic mass is 79.9. The topological polar surface area (TPSA) is 52.7 Å². The van der Waals surface area contributed by atoms with Gasteiger partial charge in [-0.3, -0.25) is 14.5 Å². The third-order valence-electron chi connectivity index (χ3n) is 5.07. The number of amides is 2. The molecule has 1 atom stereocenters. The second kappa shape index (κ2) is 9.85. The van der Waals surface area contributed by atoms with Gasteiger partial charge in [0.1, 0.15) is 0 Å². The van der Waals surface area contributed by atoms with Gasteiger partial charge in [-0.05, 0) is 43.1 Å². The molecular weight excluding hydrogens is 418 g/mol. The van der Waals surface area contributed by atoms with Crippen molar-refractivity contribution in [2.45, 2.75) is 19.4 Å². The third-order valence-corrected chi connectivity index (χ3v) is 5.84. The number of carbonyl (C=O) groups is 2. The fraction of sp³-hybridized carbons (Fsp3) is 0.364. The Kier molecular flexibility index (Phi) is 7.23. The first kappa shape index (κ1) is 20.6. The van der Waals surface area contributed by atoms with Crippen molar-refractivity contribution in [1.29, 1.82) is 0 Å². The molecule has 1 saturated heterocycles. The molecule has 3 rings (SSSR count). The van der Waals surface area contributed by atoms with Gasteiger partial charge < -0.3 is 10.2 Å². The lowest BCUT2D eigenvalue weighted by Crippen LogP contribution is -2.45. The van der Waals surface area contributed by atoms with Crippen molar-refractivity contribution in [3.8, 4) is 0 Å². The van der Waals surface area contributed by atoms with Crippen molar-refractivity contribution in [1.82, 2.24) is 9.80 Å². The van der Waals surface area contributed by atoms with Crippen LogP contribution in [0.25, 0.3) is 0 Å². The molecule has 0 spiro atoms. The van der Waals surface area contributed by atoms with Gasteiger partial charge in [0.15, 0.2) is 0 Å². The SMILES string of the molecule is CN(Cc1ccccc1Br)C(=O)CN1CCCC(C(=O)Nc2ccccc2)C1. The molecule has 148 valence electrons. The first-order valence-electron chi connectivity index (χ1n) is 9.58. The van der Waals surface area contributed by atoms with Gasteiger partial charge in [0.25, 0.3) is 0 Å². The molecule has 2 aromatic rings. The largest absolute Gasteiger partial charge is 0.340 e. The minimum atomic E-state index is -0.0877. The van der Waals surface area contributed by atoms with Gasteiger partial charge in [-0.25, -0.2) is 0 Å². The minimum Gasteiger partial charge on any atom is -0.340 e. The molecule has 1 heterocycles. The summed E-state index contributed by atoms with van der Waals surface area (Å²) in [6, 6.07) is 17.4. The van der Waals surface area contributed by atoms with Crippen LogP contribution in [-0.2, 0) is 16.1 Å². The van der Waals surface area contributed by atoms with Gasteiger partial charge >= 0.3 is 0 Å². The van der Waals surface area contributed by atoms with Gasteiger partial charge in [-0.2, -0.15) is 0 Å². The molecule has 2 amide bonds. The molecule has 1 fully saturated rings. The van der Waals surface area contributed by atoms with Crippen LogP contribution < -0.4 is 5.32 Å². The number of piperidine rings is 1. The van der Waals surface area contributed by atoms with E-state index >= 15 is 0 Å². The number of anilines is 1. The lowest BCUT2D eigenvalue weighted by molar-refractivity contribution is -0.133. The monoisotopic (exact) mass is 443 g/mol. The molecule has 0 radical (unpaired) electrons. The normalized spacial score (nSPS) is 17.1. The quantitative estimate of drug-likeness (QED) is 0.739. The highest BCUT2D eigenvalue weighted by Crippen LogP contribution is 2.20. The van der Waals surface area contributed by atoms with Crippen molar-refractivity contribution in [2.75, 3.05) is 32.0 Å². The van der Waals surface area contributed by atoms with Crippen LogP contribution in [0.1, 0.15) is 18.4 Å². The van der Waals surface area contributed by atoms with E-state index in [2.05, 4.69) is 26.1 Å². The Labute approximate surface area is 174 Å². The number of nitrogens with one attached hydrogen (secondary N) is 1. The summed E-state index contributed by atoms with van der Waals surface area (Å²) in [5, 5.41) is 2.98.